The lowest BCUT2D eigenvalue weighted by Crippen LogP contribution is -2.41. The van der Waals surface area contributed by atoms with Crippen molar-refractivity contribution in [1.82, 2.24) is 19.8 Å². The van der Waals surface area contributed by atoms with Crippen LogP contribution in [0.2, 0.25) is 0 Å². The molecule has 0 aromatic carbocycles. The van der Waals surface area contributed by atoms with Crippen molar-refractivity contribution in [3.05, 3.63) is 12.4 Å². The van der Waals surface area contributed by atoms with E-state index in [0.717, 1.165) is 19.5 Å². The zero-order valence-corrected chi connectivity index (χ0v) is 10.00. The molecule has 0 saturated carbocycles. The Morgan fingerprint density at radius 3 is 2.94 bits per heavy atom. The molecule has 0 aliphatic carbocycles. The minimum Gasteiger partial charge on any atom is -0.315 e. The van der Waals surface area contributed by atoms with E-state index < -0.39 is 10.0 Å². The molecule has 90 valence electrons. The van der Waals surface area contributed by atoms with Gasteiger partial charge in [0.15, 0.2) is 0 Å². The number of likely N-dealkylation sites (N-methyl/N-ethyl adjacent to an activating group) is 1. The highest BCUT2D eigenvalue weighted by molar-refractivity contribution is 7.89. The Balaban J connectivity index is 2.26. The molecule has 7 heteroatoms. The Bertz CT molecular complexity index is 422. The summed E-state index contributed by atoms with van der Waals surface area (Å²) >= 11 is 0. The predicted molar refractivity (Wildman–Crippen MR) is 59.4 cm³/mol. The van der Waals surface area contributed by atoms with Gasteiger partial charge in [-0.15, -0.1) is 0 Å². The Hall–Kier alpha value is -0.920. The Morgan fingerprint density at radius 1 is 1.62 bits per heavy atom. The number of aromatic nitrogens is 2. The van der Waals surface area contributed by atoms with Gasteiger partial charge in [0.2, 0.25) is 10.0 Å². The van der Waals surface area contributed by atoms with E-state index in [1.54, 1.807) is 0 Å². The van der Waals surface area contributed by atoms with Crippen molar-refractivity contribution < 1.29 is 8.42 Å². The molecule has 0 bridgehead atoms. The second-order valence-corrected chi connectivity index (χ2v) is 5.68. The Kier molecular flexibility index (Phi) is 3.27. The molecule has 0 amide bonds. The molecular weight excluding hydrogens is 228 g/mol. The van der Waals surface area contributed by atoms with Gasteiger partial charge in [-0.3, -0.25) is 5.10 Å². The lowest BCUT2D eigenvalue weighted by molar-refractivity contribution is 0.349. The number of sulfonamides is 1. The Morgan fingerprint density at radius 2 is 2.44 bits per heavy atom. The molecule has 1 aromatic heterocycles. The van der Waals surface area contributed by atoms with Crippen LogP contribution >= 0.6 is 0 Å². The van der Waals surface area contributed by atoms with E-state index in [0.29, 0.717) is 6.54 Å². The molecule has 0 radical (unpaired) electrons. The van der Waals surface area contributed by atoms with Crippen molar-refractivity contribution in [3.8, 4) is 0 Å². The number of rotatable bonds is 4. The van der Waals surface area contributed by atoms with Crippen molar-refractivity contribution in [2.75, 3.05) is 19.6 Å². The van der Waals surface area contributed by atoms with Gasteiger partial charge in [-0.2, -0.15) is 9.40 Å². The number of nitrogens with zero attached hydrogens (tertiary/aromatic N) is 2. The van der Waals surface area contributed by atoms with Gasteiger partial charge >= 0.3 is 0 Å². The first-order valence-electron chi connectivity index (χ1n) is 5.37. The molecule has 16 heavy (non-hydrogen) atoms. The lowest BCUT2D eigenvalue weighted by atomic mass is 10.3. The molecule has 1 aromatic rings. The van der Waals surface area contributed by atoms with Crippen molar-refractivity contribution in [2.45, 2.75) is 24.3 Å². The van der Waals surface area contributed by atoms with Gasteiger partial charge < -0.3 is 5.32 Å². The van der Waals surface area contributed by atoms with Crippen LogP contribution in [0.5, 0.6) is 0 Å². The summed E-state index contributed by atoms with van der Waals surface area (Å²) < 4.78 is 26.0. The molecule has 1 unspecified atom stereocenters. The molecule has 2 rings (SSSR count). The topological polar surface area (TPSA) is 78.1 Å². The molecule has 1 aliphatic heterocycles. The molecule has 1 fully saturated rings. The zero-order valence-electron chi connectivity index (χ0n) is 9.18. The summed E-state index contributed by atoms with van der Waals surface area (Å²) in [6.45, 7) is 3.95. The van der Waals surface area contributed by atoms with Crippen LogP contribution in [0.1, 0.15) is 13.3 Å². The Labute approximate surface area is 95.1 Å². The second kappa shape index (κ2) is 4.52. The molecular formula is C9H16N4O2S. The third-order valence-corrected chi connectivity index (χ3v) is 4.83. The van der Waals surface area contributed by atoms with Crippen LogP contribution < -0.4 is 5.32 Å². The highest BCUT2D eigenvalue weighted by Crippen LogP contribution is 2.19. The van der Waals surface area contributed by atoms with Crippen LogP contribution in [0.4, 0.5) is 0 Å². The molecule has 1 saturated heterocycles. The maximum Gasteiger partial charge on any atom is 0.246 e. The summed E-state index contributed by atoms with van der Waals surface area (Å²) in [6, 6.07) is 0.0601. The average Bonchev–Trinajstić information content (AvgIpc) is 2.91. The summed E-state index contributed by atoms with van der Waals surface area (Å²) in [7, 11) is -3.39. The summed E-state index contributed by atoms with van der Waals surface area (Å²) in [5.74, 6) is 0. The third-order valence-electron chi connectivity index (χ3n) is 2.83. The van der Waals surface area contributed by atoms with E-state index in [2.05, 4.69) is 15.5 Å². The fourth-order valence-corrected chi connectivity index (χ4v) is 3.60. The van der Waals surface area contributed by atoms with Crippen molar-refractivity contribution in [3.63, 3.8) is 0 Å². The van der Waals surface area contributed by atoms with E-state index >= 15 is 0 Å². The van der Waals surface area contributed by atoms with Gasteiger partial charge in [0.25, 0.3) is 0 Å². The predicted octanol–water partition coefficient (Wildman–Crippen LogP) is -0.218. The van der Waals surface area contributed by atoms with E-state index in [4.69, 9.17) is 0 Å². The van der Waals surface area contributed by atoms with Gasteiger partial charge in [-0.05, 0) is 13.0 Å². The van der Waals surface area contributed by atoms with Gasteiger partial charge in [-0.1, -0.05) is 6.92 Å². The van der Waals surface area contributed by atoms with E-state index in [9.17, 15) is 8.42 Å². The minimum atomic E-state index is -3.39. The second-order valence-electron chi connectivity index (χ2n) is 3.79. The monoisotopic (exact) mass is 244 g/mol. The van der Waals surface area contributed by atoms with Gasteiger partial charge in [-0.25, -0.2) is 8.42 Å². The van der Waals surface area contributed by atoms with Crippen LogP contribution in [0.15, 0.2) is 17.3 Å². The zero-order chi connectivity index (χ0) is 11.6. The SMILES string of the molecule is CCN(C1CCNC1)S(=O)(=O)c1cn[nH]c1. The third kappa shape index (κ3) is 1.98. The summed E-state index contributed by atoms with van der Waals surface area (Å²) in [4.78, 5) is 0.237. The number of nitrogens with one attached hydrogen (secondary N) is 2. The maximum atomic E-state index is 12.2. The average molecular weight is 244 g/mol. The first-order chi connectivity index (χ1) is 7.66. The fraction of sp³-hybridized carbons (Fsp3) is 0.667. The van der Waals surface area contributed by atoms with Crippen LogP contribution in [-0.4, -0.2) is 48.6 Å². The van der Waals surface area contributed by atoms with Crippen LogP contribution in [0, 0.1) is 0 Å². The molecule has 2 N–H and O–H groups in total. The lowest BCUT2D eigenvalue weighted by Gasteiger charge is -2.25. The van der Waals surface area contributed by atoms with Crippen molar-refractivity contribution >= 4 is 10.0 Å². The van der Waals surface area contributed by atoms with Gasteiger partial charge in [0.1, 0.15) is 4.90 Å². The number of hydrogen-bond acceptors (Lipinski definition) is 4. The first-order valence-corrected chi connectivity index (χ1v) is 6.81. The van der Waals surface area contributed by atoms with Gasteiger partial charge in [0, 0.05) is 25.3 Å². The van der Waals surface area contributed by atoms with E-state index in [1.165, 1.54) is 16.7 Å². The summed E-state index contributed by atoms with van der Waals surface area (Å²) in [5.41, 5.74) is 0. The number of aromatic amines is 1. The summed E-state index contributed by atoms with van der Waals surface area (Å²) in [6.07, 6.45) is 3.63. The minimum absolute atomic E-state index is 0.0601. The van der Waals surface area contributed by atoms with Gasteiger partial charge in [0.05, 0.1) is 6.20 Å². The quantitative estimate of drug-likeness (QED) is 0.767. The maximum absolute atomic E-state index is 12.2. The fourth-order valence-electron chi connectivity index (χ4n) is 2.03. The molecule has 0 spiro atoms. The highest BCUT2D eigenvalue weighted by atomic mass is 32.2. The molecule has 1 aliphatic rings. The molecule has 6 nitrogen and oxygen atoms in total. The first kappa shape index (κ1) is 11.6. The van der Waals surface area contributed by atoms with Crippen molar-refractivity contribution in [2.24, 2.45) is 0 Å². The largest absolute Gasteiger partial charge is 0.315 e. The highest BCUT2D eigenvalue weighted by Gasteiger charge is 2.32. The van der Waals surface area contributed by atoms with Crippen LogP contribution in [0.25, 0.3) is 0 Å². The van der Waals surface area contributed by atoms with E-state index in [-0.39, 0.29) is 10.9 Å². The number of hydrogen-bond donors (Lipinski definition) is 2. The standard InChI is InChI=1S/C9H16N4O2S/c1-2-13(8-3-4-10-5-8)16(14,15)9-6-11-12-7-9/h6-8,10H,2-5H2,1H3,(H,11,12). The normalized spacial score (nSPS) is 21.8. The van der Waals surface area contributed by atoms with Crippen LogP contribution in [0.3, 0.4) is 0 Å². The molecule has 2 heterocycles. The summed E-state index contributed by atoms with van der Waals surface area (Å²) in [5, 5.41) is 9.39. The molecule has 1 atom stereocenters. The van der Waals surface area contributed by atoms with Crippen LogP contribution in [-0.2, 0) is 10.0 Å². The van der Waals surface area contributed by atoms with E-state index in [1.807, 2.05) is 6.92 Å². The smallest absolute Gasteiger partial charge is 0.246 e. The van der Waals surface area contributed by atoms with Crippen molar-refractivity contribution in [1.29, 1.82) is 0 Å². The number of H-pyrrole nitrogens is 1.